The third-order valence-corrected chi connectivity index (χ3v) is 2.96. The van der Waals surface area contributed by atoms with Crippen molar-refractivity contribution in [1.29, 1.82) is 0 Å². The lowest BCUT2D eigenvalue weighted by Crippen LogP contribution is -2.46. The van der Waals surface area contributed by atoms with Gasteiger partial charge in [0, 0.05) is 19.0 Å². The summed E-state index contributed by atoms with van der Waals surface area (Å²) in [5.41, 5.74) is 2.29. The quantitative estimate of drug-likeness (QED) is 0.767. The lowest BCUT2D eigenvalue weighted by atomic mass is 9.89. The monoisotopic (exact) mass is 191 g/mol. The zero-order valence-electron chi connectivity index (χ0n) is 8.77. The molecule has 0 bridgehead atoms. The molecule has 1 fully saturated rings. The minimum atomic E-state index is -0.285. The Balaban J connectivity index is 2.04. The van der Waals surface area contributed by atoms with Gasteiger partial charge in [0.05, 0.1) is 6.10 Å². The third kappa shape index (κ3) is 1.81. The fraction of sp³-hybridized carbons (Fsp3) is 0.500. The highest BCUT2D eigenvalue weighted by Crippen LogP contribution is 2.28. The Morgan fingerprint density at radius 3 is 2.36 bits per heavy atom. The van der Waals surface area contributed by atoms with Crippen molar-refractivity contribution in [2.24, 2.45) is 5.92 Å². The van der Waals surface area contributed by atoms with Crippen molar-refractivity contribution in [3.05, 3.63) is 35.4 Å². The van der Waals surface area contributed by atoms with E-state index in [0.717, 1.165) is 18.7 Å². The summed E-state index contributed by atoms with van der Waals surface area (Å²) < 4.78 is 0. The third-order valence-electron chi connectivity index (χ3n) is 2.96. The van der Waals surface area contributed by atoms with E-state index in [1.807, 2.05) is 12.1 Å². The molecule has 0 aliphatic carbocycles. The van der Waals surface area contributed by atoms with E-state index >= 15 is 0 Å². The van der Waals surface area contributed by atoms with Crippen LogP contribution in [0.4, 0.5) is 0 Å². The molecule has 1 aromatic rings. The van der Waals surface area contributed by atoms with E-state index in [9.17, 15) is 5.11 Å². The van der Waals surface area contributed by atoms with Crippen LogP contribution < -0.4 is 0 Å². The van der Waals surface area contributed by atoms with Gasteiger partial charge in [-0.15, -0.1) is 0 Å². The number of rotatable bonds is 2. The maximum Gasteiger partial charge on any atom is 0.0842 e. The van der Waals surface area contributed by atoms with Gasteiger partial charge >= 0.3 is 0 Å². The average Bonchev–Trinajstić information content (AvgIpc) is 2.13. The van der Waals surface area contributed by atoms with E-state index in [1.165, 1.54) is 5.56 Å². The highest BCUT2D eigenvalue weighted by Gasteiger charge is 2.30. The number of hydrogen-bond acceptors (Lipinski definition) is 2. The van der Waals surface area contributed by atoms with Crippen LogP contribution in [0.3, 0.4) is 0 Å². The molecule has 1 saturated heterocycles. The number of benzene rings is 1. The molecular weight excluding hydrogens is 174 g/mol. The molecule has 0 aromatic heterocycles. The van der Waals surface area contributed by atoms with Gasteiger partial charge in [-0.1, -0.05) is 29.8 Å². The van der Waals surface area contributed by atoms with Gasteiger partial charge in [-0.3, -0.25) is 0 Å². The molecule has 1 heterocycles. The molecule has 0 radical (unpaired) electrons. The van der Waals surface area contributed by atoms with Crippen LogP contribution in [0.25, 0.3) is 0 Å². The number of aliphatic hydroxyl groups is 1. The summed E-state index contributed by atoms with van der Waals surface area (Å²) in [5.74, 6) is 0.419. The second-order valence-corrected chi connectivity index (χ2v) is 4.34. The zero-order valence-corrected chi connectivity index (χ0v) is 8.77. The zero-order chi connectivity index (χ0) is 10.1. The first kappa shape index (κ1) is 9.69. The summed E-state index contributed by atoms with van der Waals surface area (Å²) in [6, 6.07) is 8.17. The molecule has 0 saturated carbocycles. The first-order valence-electron chi connectivity index (χ1n) is 5.10. The lowest BCUT2D eigenvalue weighted by molar-refractivity contribution is 0.00899. The fourth-order valence-corrected chi connectivity index (χ4v) is 1.98. The van der Waals surface area contributed by atoms with Crippen molar-refractivity contribution < 1.29 is 5.11 Å². The Morgan fingerprint density at radius 2 is 1.86 bits per heavy atom. The number of nitrogens with zero attached hydrogens (tertiary/aromatic N) is 1. The first-order valence-corrected chi connectivity index (χ1v) is 5.10. The molecule has 2 rings (SSSR count). The molecular formula is C12H17NO. The average molecular weight is 191 g/mol. The van der Waals surface area contributed by atoms with Crippen LogP contribution in [0.5, 0.6) is 0 Å². The normalized spacial score (nSPS) is 20.5. The number of aryl methyl sites for hydroxylation is 1. The van der Waals surface area contributed by atoms with E-state index < -0.39 is 0 Å². The largest absolute Gasteiger partial charge is 0.388 e. The predicted octanol–water partition coefficient (Wildman–Crippen LogP) is 1.59. The van der Waals surface area contributed by atoms with Crippen LogP contribution in [0.1, 0.15) is 17.2 Å². The Kier molecular flexibility index (Phi) is 2.57. The van der Waals surface area contributed by atoms with Crippen molar-refractivity contribution in [1.82, 2.24) is 4.90 Å². The second kappa shape index (κ2) is 3.71. The van der Waals surface area contributed by atoms with Gasteiger partial charge in [0.25, 0.3) is 0 Å². The molecule has 2 heteroatoms. The molecule has 76 valence electrons. The first-order chi connectivity index (χ1) is 6.66. The summed E-state index contributed by atoms with van der Waals surface area (Å²) in [6.45, 7) is 4.08. The summed E-state index contributed by atoms with van der Waals surface area (Å²) in [5, 5.41) is 10.0. The van der Waals surface area contributed by atoms with Crippen LogP contribution in [-0.2, 0) is 0 Å². The maximum atomic E-state index is 10.0. The standard InChI is InChI=1S/C12H17NO/c1-9-3-5-10(6-4-9)12(14)11-7-13(2)8-11/h3-6,11-12,14H,7-8H2,1-2H3. The molecule has 1 unspecified atom stereocenters. The van der Waals surface area contributed by atoms with E-state index in [0.29, 0.717) is 5.92 Å². The van der Waals surface area contributed by atoms with Crippen LogP contribution in [-0.4, -0.2) is 30.1 Å². The van der Waals surface area contributed by atoms with Crippen molar-refractivity contribution in [3.8, 4) is 0 Å². The van der Waals surface area contributed by atoms with Crippen molar-refractivity contribution in [2.75, 3.05) is 20.1 Å². The van der Waals surface area contributed by atoms with Crippen molar-refractivity contribution >= 4 is 0 Å². The van der Waals surface area contributed by atoms with Gasteiger partial charge in [-0.2, -0.15) is 0 Å². The Hall–Kier alpha value is -0.860. The summed E-state index contributed by atoms with van der Waals surface area (Å²) in [4.78, 5) is 2.22. The second-order valence-electron chi connectivity index (χ2n) is 4.34. The summed E-state index contributed by atoms with van der Waals surface area (Å²) in [6.07, 6.45) is -0.285. The molecule has 14 heavy (non-hydrogen) atoms. The van der Waals surface area contributed by atoms with Gasteiger partial charge in [0.1, 0.15) is 0 Å². The van der Waals surface area contributed by atoms with Gasteiger partial charge < -0.3 is 10.0 Å². The SMILES string of the molecule is Cc1ccc(C(O)C2CN(C)C2)cc1. The van der Waals surface area contributed by atoms with Crippen LogP contribution in [0.15, 0.2) is 24.3 Å². The molecule has 1 aliphatic rings. The molecule has 1 N–H and O–H groups in total. The van der Waals surface area contributed by atoms with Crippen LogP contribution in [0.2, 0.25) is 0 Å². The van der Waals surface area contributed by atoms with E-state index in [2.05, 4.69) is 31.0 Å². The maximum absolute atomic E-state index is 10.0. The van der Waals surface area contributed by atoms with Crippen LogP contribution in [0, 0.1) is 12.8 Å². The number of aliphatic hydroxyl groups excluding tert-OH is 1. The molecule has 1 aromatic carbocycles. The minimum absolute atomic E-state index is 0.285. The summed E-state index contributed by atoms with van der Waals surface area (Å²) in [7, 11) is 2.08. The Morgan fingerprint density at radius 1 is 1.29 bits per heavy atom. The minimum Gasteiger partial charge on any atom is -0.388 e. The summed E-state index contributed by atoms with van der Waals surface area (Å²) >= 11 is 0. The van der Waals surface area contributed by atoms with Crippen molar-refractivity contribution in [2.45, 2.75) is 13.0 Å². The smallest absolute Gasteiger partial charge is 0.0842 e. The van der Waals surface area contributed by atoms with Gasteiger partial charge in [0.15, 0.2) is 0 Å². The Labute approximate surface area is 85.2 Å². The molecule has 0 spiro atoms. The fourth-order valence-electron chi connectivity index (χ4n) is 1.98. The Bertz CT molecular complexity index is 301. The number of likely N-dealkylation sites (tertiary alicyclic amines) is 1. The highest BCUT2D eigenvalue weighted by molar-refractivity contribution is 5.24. The van der Waals surface area contributed by atoms with E-state index in [4.69, 9.17) is 0 Å². The van der Waals surface area contributed by atoms with Gasteiger partial charge in [0.2, 0.25) is 0 Å². The highest BCUT2D eigenvalue weighted by atomic mass is 16.3. The molecule has 0 amide bonds. The lowest BCUT2D eigenvalue weighted by Gasteiger charge is -2.39. The van der Waals surface area contributed by atoms with Gasteiger partial charge in [-0.25, -0.2) is 0 Å². The van der Waals surface area contributed by atoms with Crippen LogP contribution >= 0.6 is 0 Å². The molecule has 1 aliphatic heterocycles. The molecule has 2 nitrogen and oxygen atoms in total. The topological polar surface area (TPSA) is 23.5 Å². The predicted molar refractivity (Wildman–Crippen MR) is 57.1 cm³/mol. The number of hydrogen-bond donors (Lipinski definition) is 1. The van der Waals surface area contributed by atoms with Gasteiger partial charge in [-0.05, 0) is 19.5 Å². The van der Waals surface area contributed by atoms with E-state index in [1.54, 1.807) is 0 Å². The van der Waals surface area contributed by atoms with E-state index in [-0.39, 0.29) is 6.10 Å². The molecule has 1 atom stereocenters. The van der Waals surface area contributed by atoms with Crippen molar-refractivity contribution in [3.63, 3.8) is 0 Å².